The number of nitrogens with one attached hydrogen (secondary N) is 1. The first-order chi connectivity index (χ1) is 15.1. The van der Waals surface area contributed by atoms with Crippen LogP contribution in [0, 0.1) is 5.82 Å². The van der Waals surface area contributed by atoms with Crippen LogP contribution in [0.2, 0.25) is 0 Å². The molecule has 1 aliphatic heterocycles. The molecule has 0 atom stereocenters. The number of benzene rings is 2. The number of hydrogen-bond acceptors (Lipinski definition) is 6. The zero-order valence-corrected chi connectivity index (χ0v) is 16.2. The van der Waals surface area contributed by atoms with Crippen LogP contribution in [0.5, 0.6) is 0 Å². The summed E-state index contributed by atoms with van der Waals surface area (Å²) in [6.45, 7) is 0.872. The topological polar surface area (TPSA) is 105 Å². The molecule has 1 N–H and O–H groups in total. The molecule has 0 unspecified atom stereocenters. The summed E-state index contributed by atoms with van der Waals surface area (Å²) in [5.74, 6) is 0.183. The van der Waals surface area contributed by atoms with Gasteiger partial charge in [0.25, 0.3) is 17.4 Å². The molecule has 0 spiro atoms. The number of rotatable bonds is 3. The molecule has 1 amide bonds. The normalized spacial score (nSPS) is 13.1. The van der Waals surface area contributed by atoms with Crippen LogP contribution in [0.15, 0.2) is 63.9 Å². The fourth-order valence-corrected chi connectivity index (χ4v) is 3.52. The maximum Gasteiger partial charge on any atom is 0.264 e. The van der Waals surface area contributed by atoms with Crippen LogP contribution < -0.4 is 5.56 Å². The molecule has 9 heteroatoms. The summed E-state index contributed by atoms with van der Waals surface area (Å²) >= 11 is 0. The van der Waals surface area contributed by atoms with Crippen LogP contribution in [-0.2, 0) is 13.0 Å². The number of aromatic nitrogens is 4. The van der Waals surface area contributed by atoms with Crippen LogP contribution in [0.1, 0.15) is 21.6 Å². The molecule has 0 fully saturated rings. The van der Waals surface area contributed by atoms with Gasteiger partial charge in [-0.2, -0.15) is 10.1 Å². The first-order valence-electron chi connectivity index (χ1n) is 9.64. The predicted octanol–water partition coefficient (Wildman–Crippen LogP) is 2.82. The summed E-state index contributed by atoms with van der Waals surface area (Å²) in [6.07, 6.45) is 0.588. The van der Waals surface area contributed by atoms with Crippen molar-refractivity contribution in [3.63, 3.8) is 0 Å². The molecule has 5 rings (SSSR count). The lowest BCUT2D eigenvalue weighted by Gasteiger charge is -2.27. The van der Waals surface area contributed by atoms with Crippen LogP contribution in [0.3, 0.4) is 0 Å². The van der Waals surface area contributed by atoms with Crippen molar-refractivity contribution in [1.82, 2.24) is 25.2 Å². The minimum absolute atomic E-state index is 0.127. The van der Waals surface area contributed by atoms with E-state index in [0.29, 0.717) is 42.0 Å². The van der Waals surface area contributed by atoms with E-state index in [2.05, 4.69) is 20.3 Å². The number of H-pyrrole nitrogens is 1. The Balaban J connectivity index is 1.33. The molecule has 2 aromatic carbocycles. The van der Waals surface area contributed by atoms with Crippen molar-refractivity contribution < 1.29 is 13.7 Å². The number of carbonyl (C=O) groups excluding carboxylic acids is 1. The van der Waals surface area contributed by atoms with Gasteiger partial charge < -0.3 is 9.42 Å². The van der Waals surface area contributed by atoms with Gasteiger partial charge in [0.05, 0.1) is 5.69 Å². The van der Waals surface area contributed by atoms with E-state index in [1.54, 1.807) is 41.3 Å². The quantitative estimate of drug-likeness (QED) is 0.550. The van der Waals surface area contributed by atoms with Gasteiger partial charge in [-0.25, -0.2) is 9.49 Å². The van der Waals surface area contributed by atoms with Gasteiger partial charge in [0.2, 0.25) is 5.82 Å². The summed E-state index contributed by atoms with van der Waals surface area (Å²) < 4.78 is 18.4. The Morgan fingerprint density at radius 3 is 2.58 bits per heavy atom. The molecule has 0 radical (unpaired) electrons. The zero-order valence-electron chi connectivity index (χ0n) is 16.2. The Kier molecular flexibility index (Phi) is 4.62. The van der Waals surface area contributed by atoms with Crippen molar-refractivity contribution in [2.24, 2.45) is 0 Å². The maximum atomic E-state index is 13.1. The van der Waals surface area contributed by atoms with Gasteiger partial charge in [-0.05, 0) is 36.4 Å². The Morgan fingerprint density at radius 1 is 1.06 bits per heavy atom. The highest BCUT2D eigenvalue weighted by Gasteiger charge is 2.23. The zero-order chi connectivity index (χ0) is 21.4. The molecule has 0 saturated carbocycles. The smallest absolute Gasteiger partial charge is 0.264 e. The van der Waals surface area contributed by atoms with E-state index in [-0.39, 0.29) is 23.2 Å². The molecule has 0 saturated heterocycles. The molecule has 31 heavy (non-hydrogen) atoms. The molecule has 3 heterocycles. The lowest BCUT2D eigenvalue weighted by Crippen LogP contribution is -2.37. The van der Waals surface area contributed by atoms with E-state index in [0.717, 1.165) is 11.3 Å². The second kappa shape index (κ2) is 7.60. The van der Waals surface area contributed by atoms with Gasteiger partial charge >= 0.3 is 0 Å². The van der Waals surface area contributed by atoms with Crippen molar-refractivity contribution in [2.75, 3.05) is 6.54 Å². The van der Waals surface area contributed by atoms with Crippen LogP contribution >= 0.6 is 0 Å². The van der Waals surface area contributed by atoms with Gasteiger partial charge in [-0.1, -0.05) is 17.3 Å². The van der Waals surface area contributed by atoms with Gasteiger partial charge in [0, 0.05) is 47.8 Å². The lowest BCUT2D eigenvalue weighted by molar-refractivity contribution is 0.0733. The highest BCUT2D eigenvalue weighted by molar-refractivity contribution is 5.94. The largest absolute Gasteiger partial charge is 0.334 e. The molecule has 2 aromatic heterocycles. The number of aromatic amines is 1. The third-order valence-corrected chi connectivity index (χ3v) is 5.15. The second-order valence-corrected chi connectivity index (χ2v) is 7.19. The molecular formula is C22H16FN5O3. The maximum absolute atomic E-state index is 13.1. The van der Waals surface area contributed by atoms with Gasteiger partial charge in [-0.15, -0.1) is 0 Å². The van der Waals surface area contributed by atoms with Gasteiger partial charge in [0.15, 0.2) is 0 Å². The molecule has 154 valence electrons. The van der Waals surface area contributed by atoms with Crippen LogP contribution in [-0.4, -0.2) is 37.7 Å². The fraction of sp³-hybridized carbons (Fsp3) is 0.136. The fourth-order valence-electron chi connectivity index (χ4n) is 3.52. The Bertz CT molecular complexity index is 1310. The summed E-state index contributed by atoms with van der Waals surface area (Å²) in [7, 11) is 0. The Morgan fingerprint density at radius 2 is 1.81 bits per heavy atom. The van der Waals surface area contributed by atoms with E-state index in [1.807, 2.05) is 0 Å². The molecular weight excluding hydrogens is 401 g/mol. The first-order valence-corrected chi connectivity index (χ1v) is 9.64. The van der Waals surface area contributed by atoms with Crippen molar-refractivity contribution in [3.8, 4) is 22.8 Å². The minimum atomic E-state index is -0.344. The molecule has 1 aliphatic rings. The van der Waals surface area contributed by atoms with Crippen molar-refractivity contribution in [2.45, 2.75) is 13.0 Å². The third-order valence-electron chi connectivity index (χ3n) is 5.15. The number of carbonyl (C=O) groups is 1. The Hall–Kier alpha value is -4.14. The predicted molar refractivity (Wildman–Crippen MR) is 108 cm³/mol. The molecule has 4 aromatic rings. The van der Waals surface area contributed by atoms with E-state index in [1.165, 1.54) is 18.2 Å². The monoisotopic (exact) mass is 417 g/mol. The second-order valence-electron chi connectivity index (χ2n) is 7.19. The first kappa shape index (κ1) is 18.9. The van der Waals surface area contributed by atoms with Crippen LogP contribution in [0.25, 0.3) is 22.8 Å². The van der Waals surface area contributed by atoms with Gasteiger partial charge in [-0.3, -0.25) is 9.59 Å². The third kappa shape index (κ3) is 3.73. The van der Waals surface area contributed by atoms with Crippen molar-refractivity contribution in [1.29, 1.82) is 0 Å². The number of halogens is 1. The number of amides is 1. The number of hydrogen-bond donors (Lipinski definition) is 1. The molecule has 0 aliphatic carbocycles. The molecule has 0 bridgehead atoms. The highest BCUT2D eigenvalue weighted by Crippen LogP contribution is 2.24. The summed E-state index contributed by atoms with van der Waals surface area (Å²) in [4.78, 5) is 30.4. The van der Waals surface area contributed by atoms with E-state index in [4.69, 9.17) is 4.52 Å². The average molecular weight is 417 g/mol. The number of nitrogens with zero attached hydrogens (tertiary/aromatic N) is 4. The van der Waals surface area contributed by atoms with E-state index in [9.17, 15) is 14.0 Å². The molecule has 8 nitrogen and oxygen atoms in total. The van der Waals surface area contributed by atoms with E-state index < -0.39 is 0 Å². The Labute approximate surface area is 175 Å². The lowest BCUT2D eigenvalue weighted by atomic mass is 10.0. The van der Waals surface area contributed by atoms with Crippen LogP contribution in [0.4, 0.5) is 4.39 Å². The minimum Gasteiger partial charge on any atom is -0.334 e. The SMILES string of the molecule is O=C(c1ccc(-c2noc(-c3ccc(F)cc3)n2)cc1)N1CCc2n[nH]c(=O)cc2C1. The summed E-state index contributed by atoms with van der Waals surface area (Å²) in [5.41, 5.74) is 3.12. The average Bonchev–Trinajstić information content (AvgIpc) is 3.29. The standard InChI is InChI=1S/C22H16FN5O3/c23-17-7-5-14(6-8-17)21-24-20(27-31-21)13-1-3-15(4-2-13)22(30)28-10-9-18-16(12-28)11-19(29)26-25-18/h1-8,11H,9-10,12H2,(H,26,29). The van der Waals surface area contributed by atoms with Gasteiger partial charge in [0.1, 0.15) is 5.82 Å². The highest BCUT2D eigenvalue weighted by atomic mass is 19.1. The van der Waals surface area contributed by atoms with E-state index >= 15 is 0 Å². The van der Waals surface area contributed by atoms with Crippen molar-refractivity contribution in [3.05, 3.63) is 87.6 Å². The summed E-state index contributed by atoms with van der Waals surface area (Å²) in [6, 6.07) is 14.2. The summed E-state index contributed by atoms with van der Waals surface area (Å²) in [5, 5.41) is 10.4. The number of fused-ring (bicyclic) bond motifs is 1. The van der Waals surface area contributed by atoms with Crippen molar-refractivity contribution >= 4 is 5.91 Å².